The summed E-state index contributed by atoms with van der Waals surface area (Å²) in [7, 11) is 2.09. The summed E-state index contributed by atoms with van der Waals surface area (Å²) in [5.41, 5.74) is 3.71. The van der Waals surface area contributed by atoms with E-state index in [9.17, 15) is 0 Å². The van der Waals surface area contributed by atoms with Gasteiger partial charge < -0.3 is 15.1 Å². The molecule has 6 nitrogen and oxygen atoms in total. The van der Waals surface area contributed by atoms with Crippen molar-refractivity contribution in [3.8, 4) is 0 Å². The van der Waals surface area contributed by atoms with Crippen LogP contribution in [0.4, 0.5) is 5.82 Å². The van der Waals surface area contributed by atoms with Gasteiger partial charge in [-0.1, -0.05) is 0 Å². The second-order valence-electron chi connectivity index (χ2n) is 5.08. The minimum atomic E-state index is -0.0467. The number of nitrogens with one attached hydrogen (secondary N) is 1. The third-order valence-electron chi connectivity index (χ3n) is 3.46. The maximum Gasteiger partial charge on any atom is 0.161 e. The van der Waals surface area contributed by atoms with Gasteiger partial charge in [0.25, 0.3) is 0 Å². The van der Waals surface area contributed by atoms with Gasteiger partial charge in [-0.3, -0.25) is 0 Å². The number of hydrogen-bond donors (Lipinski definition) is 2. The van der Waals surface area contributed by atoms with Crippen LogP contribution >= 0.6 is 0 Å². The van der Waals surface area contributed by atoms with E-state index in [0.29, 0.717) is 11.7 Å². The fourth-order valence-corrected chi connectivity index (χ4v) is 2.23. The number of morpholine rings is 1. The predicted molar refractivity (Wildman–Crippen MR) is 68.0 cm³/mol. The molecule has 3 rings (SSSR count). The first-order valence-electron chi connectivity index (χ1n) is 6.42. The van der Waals surface area contributed by atoms with Gasteiger partial charge in [0.1, 0.15) is 11.9 Å². The third-order valence-corrected chi connectivity index (χ3v) is 3.46. The lowest BCUT2D eigenvalue weighted by Gasteiger charge is -2.29. The van der Waals surface area contributed by atoms with Gasteiger partial charge in [0.15, 0.2) is 5.82 Å². The van der Waals surface area contributed by atoms with E-state index in [0.717, 1.165) is 31.2 Å². The van der Waals surface area contributed by atoms with Crippen LogP contribution in [0.2, 0.25) is 0 Å². The summed E-state index contributed by atoms with van der Waals surface area (Å²) in [5, 5.41) is 0. The van der Waals surface area contributed by atoms with Gasteiger partial charge in [0, 0.05) is 30.8 Å². The number of anilines is 1. The van der Waals surface area contributed by atoms with E-state index < -0.39 is 0 Å². The van der Waals surface area contributed by atoms with Crippen LogP contribution in [0.15, 0.2) is 6.07 Å². The van der Waals surface area contributed by atoms with Gasteiger partial charge in [-0.15, -0.1) is 0 Å². The number of aromatic nitrogens is 2. The molecule has 1 saturated heterocycles. The summed E-state index contributed by atoms with van der Waals surface area (Å²) in [4.78, 5) is 11.3. The lowest BCUT2D eigenvalue weighted by Crippen LogP contribution is -2.36. The molecule has 0 bridgehead atoms. The second kappa shape index (κ2) is 4.79. The molecule has 1 saturated carbocycles. The smallest absolute Gasteiger partial charge is 0.161 e. The highest BCUT2D eigenvalue weighted by atomic mass is 16.5. The Labute approximate surface area is 107 Å². The van der Waals surface area contributed by atoms with Crippen LogP contribution in [-0.4, -0.2) is 41.6 Å². The molecule has 3 N–H and O–H groups in total. The Morgan fingerprint density at radius 2 is 2.28 bits per heavy atom. The Morgan fingerprint density at radius 3 is 2.94 bits per heavy atom. The molecular weight excluding hydrogens is 230 g/mol. The molecule has 0 aromatic carbocycles. The van der Waals surface area contributed by atoms with Crippen LogP contribution in [-0.2, 0) is 4.74 Å². The van der Waals surface area contributed by atoms with Gasteiger partial charge >= 0.3 is 0 Å². The topological polar surface area (TPSA) is 76.3 Å². The summed E-state index contributed by atoms with van der Waals surface area (Å²) in [6, 6.07) is 1.94. The van der Waals surface area contributed by atoms with Crippen molar-refractivity contribution in [1.29, 1.82) is 0 Å². The van der Waals surface area contributed by atoms with Crippen LogP contribution < -0.4 is 11.3 Å². The molecule has 1 unspecified atom stereocenters. The molecule has 2 fully saturated rings. The molecule has 1 aliphatic heterocycles. The molecule has 0 spiro atoms. The molecule has 0 radical (unpaired) electrons. The Kier molecular flexibility index (Phi) is 3.15. The molecular formula is C12H19N5O. The Balaban J connectivity index is 1.87. The maximum absolute atomic E-state index is 5.75. The van der Waals surface area contributed by atoms with Gasteiger partial charge in [-0.25, -0.2) is 15.8 Å². The van der Waals surface area contributed by atoms with Crippen molar-refractivity contribution in [2.45, 2.75) is 24.9 Å². The second-order valence-corrected chi connectivity index (χ2v) is 5.08. The Hall–Kier alpha value is -1.24. The first-order valence-corrected chi connectivity index (χ1v) is 6.42. The van der Waals surface area contributed by atoms with Crippen LogP contribution in [0.5, 0.6) is 0 Å². The van der Waals surface area contributed by atoms with Gasteiger partial charge in [0.2, 0.25) is 0 Å². The van der Waals surface area contributed by atoms with E-state index in [1.54, 1.807) is 0 Å². The van der Waals surface area contributed by atoms with Crippen molar-refractivity contribution in [2.24, 2.45) is 5.84 Å². The minimum Gasteiger partial charge on any atom is -0.368 e. The molecule has 2 aliphatic rings. The molecule has 0 amide bonds. The SMILES string of the molecule is CN1CCOC(c2nc(NN)cc(C3CC3)n2)C1. The Morgan fingerprint density at radius 1 is 1.44 bits per heavy atom. The fraction of sp³-hybridized carbons (Fsp3) is 0.667. The van der Waals surface area contributed by atoms with Crippen LogP contribution in [0.25, 0.3) is 0 Å². The number of nitrogens with two attached hydrogens (primary N) is 1. The van der Waals surface area contributed by atoms with Crippen LogP contribution in [0, 0.1) is 0 Å². The van der Waals surface area contributed by atoms with E-state index in [2.05, 4.69) is 27.3 Å². The highest BCUT2D eigenvalue weighted by Gasteiger charge is 2.28. The molecule has 6 heteroatoms. The molecule has 98 valence electrons. The van der Waals surface area contributed by atoms with E-state index in [1.807, 2.05) is 6.07 Å². The van der Waals surface area contributed by atoms with Crippen molar-refractivity contribution < 1.29 is 4.74 Å². The predicted octanol–water partition coefficient (Wildman–Crippen LogP) is 0.643. The maximum atomic E-state index is 5.75. The molecule has 2 heterocycles. The monoisotopic (exact) mass is 249 g/mol. The summed E-state index contributed by atoms with van der Waals surface area (Å²) < 4.78 is 5.75. The van der Waals surface area contributed by atoms with Crippen molar-refractivity contribution in [2.75, 3.05) is 32.2 Å². The quantitative estimate of drug-likeness (QED) is 0.605. The largest absolute Gasteiger partial charge is 0.368 e. The van der Waals surface area contributed by atoms with Crippen molar-refractivity contribution in [3.05, 3.63) is 17.6 Å². The zero-order chi connectivity index (χ0) is 12.5. The van der Waals surface area contributed by atoms with Gasteiger partial charge in [-0.05, 0) is 19.9 Å². The molecule has 1 atom stereocenters. The highest BCUT2D eigenvalue weighted by molar-refractivity contribution is 5.37. The average Bonchev–Trinajstić information content (AvgIpc) is 3.22. The minimum absolute atomic E-state index is 0.0467. The number of nitrogens with zero attached hydrogens (tertiary/aromatic N) is 3. The first-order chi connectivity index (χ1) is 8.76. The van der Waals surface area contributed by atoms with Crippen LogP contribution in [0.1, 0.15) is 36.4 Å². The lowest BCUT2D eigenvalue weighted by atomic mass is 10.2. The van der Waals surface area contributed by atoms with Crippen molar-refractivity contribution in [1.82, 2.24) is 14.9 Å². The van der Waals surface area contributed by atoms with Crippen LogP contribution in [0.3, 0.4) is 0 Å². The van der Waals surface area contributed by atoms with E-state index >= 15 is 0 Å². The summed E-state index contributed by atoms with van der Waals surface area (Å²) in [6.07, 6.45) is 2.38. The average molecular weight is 249 g/mol. The zero-order valence-electron chi connectivity index (χ0n) is 10.6. The molecule has 1 aliphatic carbocycles. The lowest BCUT2D eigenvalue weighted by molar-refractivity contribution is -0.0255. The number of rotatable bonds is 3. The van der Waals surface area contributed by atoms with Crippen molar-refractivity contribution in [3.63, 3.8) is 0 Å². The fourth-order valence-electron chi connectivity index (χ4n) is 2.23. The normalized spacial score (nSPS) is 25.1. The van der Waals surface area contributed by atoms with E-state index in [4.69, 9.17) is 10.6 Å². The zero-order valence-corrected chi connectivity index (χ0v) is 10.6. The van der Waals surface area contributed by atoms with Gasteiger partial charge in [-0.2, -0.15) is 0 Å². The number of ether oxygens (including phenoxy) is 1. The highest BCUT2D eigenvalue weighted by Crippen LogP contribution is 2.40. The van der Waals surface area contributed by atoms with E-state index in [1.165, 1.54) is 12.8 Å². The van der Waals surface area contributed by atoms with Gasteiger partial charge in [0.05, 0.1) is 6.61 Å². The summed E-state index contributed by atoms with van der Waals surface area (Å²) in [5.74, 6) is 7.49. The summed E-state index contributed by atoms with van der Waals surface area (Å²) >= 11 is 0. The number of nitrogen functional groups attached to an aromatic ring is 1. The summed E-state index contributed by atoms with van der Waals surface area (Å²) in [6.45, 7) is 2.52. The standard InChI is InChI=1S/C12H19N5O/c1-17-4-5-18-10(7-17)12-14-9(8-2-3-8)6-11(15-12)16-13/h6,8,10H,2-5,7,13H2,1H3,(H,14,15,16). The molecule has 18 heavy (non-hydrogen) atoms. The molecule has 1 aromatic rings. The number of hydrogen-bond acceptors (Lipinski definition) is 6. The third kappa shape index (κ3) is 2.45. The molecule has 1 aromatic heterocycles. The number of likely N-dealkylation sites (N-methyl/N-ethyl adjacent to an activating group) is 1. The van der Waals surface area contributed by atoms with E-state index in [-0.39, 0.29) is 6.10 Å². The number of hydrazine groups is 1. The van der Waals surface area contributed by atoms with Crippen molar-refractivity contribution >= 4 is 5.82 Å². The first kappa shape index (κ1) is 11.8. The Bertz CT molecular complexity index is 434.